The first-order valence-electron chi connectivity index (χ1n) is 6.82. The third-order valence-corrected chi connectivity index (χ3v) is 4.01. The van der Waals surface area contributed by atoms with Gasteiger partial charge in [0.25, 0.3) is 0 Å². The molecule has 100 valence electrons. The number of carbonyl (C=O) groups is 1. The zero-order chi connectivity index (χ0) is 12.7. The van der Waals surface area contributed by atoms with E-state index < -0.39 is 0 Å². The normalized spacial score (nSPS) is 28.3. The summed E-state index contributed by atoms with van der Waals surface area (Å²) in [6, 6.07) is 0. The fourth-order valence-electron chi connectivity index (χ4n) is 3.01. The van der Waals surface area contributed by atoms with Crippen LogP contribution in [0.4, 0.5) is 0 Å². The van der Waals surface area contributed by atoms with E-state index in [1.54, 1.807) is 7.11 Å². The van der Waals surface area contributed by atoms with Crippen LogP contribution >= 0.6 is 0 Å². The molecule has 17 heavy (non-hydrogen) atoms. The Kier molecular flexibility index (Phi) is 6.56. The zero-order valence-electron chi connectivity index (χ0n) is 11.4. The molecule has 1 fully saturated rings. The molecule has 0 aromatic heterocycles. The van der Waals surface area contributed by atoms with Gasteiger partial charge in [0.2, 0.25) is 0 Å². The Morgan fingerprint density at radius 3 is 2.59 bits per heavy atom. The first-order valence-corrected chi connectivity index (χ1v) is 6.82. The monoisotopic (exact) mass is 242 g/mol. The quantitative estimate of drug-likeness (QED) is 0.508. The van der Waals surface area contributed by atoms with Crippen molar-refractivity contribution in [2.45, 2.75) is 58.0 Å². The summed E-state index contributed by atoms with van der Waals surface area (Å²) in [7, 11) is 3.26. The molecule has 0 radical (unpaired) electrons. The predicted octanol–water partition coefficient (Wildman–Crippen LogP) is 3.17. The van der Waals surface area contributed by atoms with Crippen LogP contribution in [0.2, 0.25) is 0 Å². The summed E-state index contributed by atoms with van der Waals surface area (Å²) in [6.07, 6.45) is 8.06. The first kappa shape index (κ1) is 14.5. The number of esters is 1. The van der Waals surface area contributed by atoms with Crippen LogP contribution in [0, 0.1) is 11.8 Å². The average molecular weight is 242 g/mol. The molecular formula is C14H26O3. The molecule has 1 aliphatic rings. The molecular weight excluding hydrogens is 216 g/mol. The lowest BCUT2D eigenvalue weighted by Crippen LogP contribution is -2.23. The van der Waals surface area contributed by atoms with Crippen molar-refractivity contribution >= 4 is 5.97 Å². The smallest absolute Gasteiger partial charge is 0.305 e. The molecule has 0 N–H and O–H groups in total. The molecule has 1 aliphatic carbocycles. The minimum absolute atomic E-state index is 0.0766. The number of hydrogen-bond acceptors (Lipinski definition) is 3. The van der Waals surface area contributed by atoms with Gasteiger partial charge in [0.05, 0.1) is 13.2 Å². The number of methoxy groups -OCH3 is 2. The van der Waals surface area contributed by atoms with Crippen molar-refractivity contribution in [2.75, 3.05) is 14.2 Å². The molecule has 0 heterocycles. The van der Waals surface area contributed by atoms with E-state index in [9.17, 15) is 4.79 Å². The van der Waals surface area contributed by atoms with E-state index in [0.717, 1.165) is 12.8 Å². The molecule has 0 aromatic carbocycles. The van der Waals surface area contributed by atoms with Crippen molar-refractivity contribution in [1.29, 1.82) is 0 Å². The molecule has 3 atom stereocenters. The Hall–Kier alpha value is -0.570. The van der Waals surface area contributed by atoms with E-state index in [0.29, 0.717) is 24.4 Å². The van der Waals surface area contributed by atoms with Crippen molar-refractivity contribution in [3.8, 4) is 0 Å². The fourth-order valence-corrected chi connectivity index (χ4v) is 3.01. The van der Waals surface area contributed by atoms with Crippen LogP contribution in [-0.4, -0.2) is 26.3 Å². The minimum Gasteiger partial charge on any atom is -0.469 e. The van der Waals surface area contributed by atoms with Gasteiger partial charge >= 0.3 is 5.97 Å². The van der Waals surface area contributed by atoms with Gasteiger partial charge in [-0.25, -0.2) is 0 Å². The van der Waals surface area contributed by atoms with Gasteiger partial charge in [-0.1, -0.05) is 26.2 Å². The standard InChI is InChI=1S/C14H26O3/c1-4-5-6-7-12-11(10-14(15)17-3)8-9-13(12)16-2/h11-13H,4-10H2,1-3H3. The SMILES string of the molecule is CCCCCC1C(CC(=O)OC)CCC1OC. The molecule has 3 unspecified atom stereocenters. The highest BCUT2D eigenvalue weighted by Crippen LogP contribution is 2.39. The van der Waals surface area contributed by atoms with Gasteiger partial charge in [0.1, 0.15) is 0 Å². The highest BCUT2D eigenvalue weighted by molar-refractivity contribution is 5.69. The Bertz CT molecular complexity index is 228. The highest BCUT2D eigenvalue weighted by Gasteiger charge is 2.36. The van der Waals surface area contributed by atoms with Crippen LogP contribution in [-0.2, 0) is 14.3 Å². The third-order valence-electron chi connectivity index (χ3n) is 4.01. The molecule has 3 heteroatoms. The van der Waals surface area contributed by atoms with E-state index in [4.69, 9.17) is 9.47 Å². The number of ether oxygens (including phenoxy) is 2. The van der Waals surface area contributed by atoms with Gasteiger partial charge in [0.15, 0.2) is 0 Å². The van der Waals surface area contributed by atoms with E-state index in [1.807, 2.05) is 0 Å². The van der Waals surface area contributed by atoms with E-state index in [-0.39, 0.29) is 5.97 Å². The summed E-state index contributed by atoms with van der Waals surface area (Å²) in [4.78, 5) is 11.4. The Labute approximate surface area is 105 Å². The zero-order valence-corrected chi connectivity index (χ0v) is 11.4. The number of rotatable bonds is 7. The molecule has 0 saturated heterocycles. The molecule has 1 saturated carbocycles. The molecule has 0 amide bonds. The number of carbonyl (C=O) groups excluding carboxylic acids is 1. The number of unbranched alkanes of at least 4 members (excludes halogenated alkanes) is 2. The van der Waals surface area contributed by atoms with Gasteiger partial charge in [0, 0.05) is 13.5 Å². The lowest BCUT2D eigenvalue weighted by Gasteiger charge is -2.23. The fraction of sp³-hybridized carbons (Fsp3) is 0.929. The highest BCUT2D eigenvalue weighted by atomic mass is 16.5. The number of hydrogen-bond donors (Lipinski definition) is 0. The summed E-state index contributed by atoms with van der Waals surface area (Å²) in [6.45, 7) is 2.22. The van der Waals surface area contributed by atoms with Crippen molar-refractivity contribution in [3.63, 3.8) is 0 Å². The second-order valence-electron chi connectivity index (χ2n) is 5.05. The average Bonchev–Trinajstić information content (AvgIpc) is 2.72. The maximum atomic E-state index is 11.4. The predicted molar refractivity (Wildman–Crippen MR) is 67.8 cm³/mol. The van der Waals surface area contributed by atoms with Crippen LogP contribution in [0.5, 0.6) is 0 Å². The van der Waals surface area contributed by atoms with Gasteiger partial charge in [-0.05, 0) is 31.1 Å². The Morgan fingerprint density at radius 2 is 2.00 bits per heavy atom. The van der Waals surface area contributed by atoms with Crippen molar-refractivity contribution in [1.82, 2.24) is 0 Å². The maximum absolute atomic E-state index is 11.4. The third kappa shape index (κ3) is 4.30. The van der Waals surface area contributed by atoms with Gasteiger partial charge in [-0.15, -0.1) is 0 Å². The summed E-state index contributed by atoms with van der Waals surface area (Å²) in [5, 5.41) is 0. The maximum Gasteiger partial charge on any atom is 0.305 e. The first-order chi connectivity index (χ1) is 8.22. The Balaban J connectivity index is 2.47. The summed E-state index contributed by atoms with van der Waals surface area (Å²) in [5.74, 6) is 0.933. The van der Waals surface area contributed by atoms with Crippen molar-refractivity contribution in [2.24, 2.45) is 11.8 Å². The topological polar surface area (TPSA) is 35.5 Å². The van der Waals surface area contributed by atoms with E-state index in [2.05, 4.69) is 6.92 Å². The Morgan fingerprint density at radius 1 is 1.24 bits per heavy atom. The second kappa shape index (κ2) is 7.70. The summed E-state index contributed by atoms with van der Waals surface area (Å²) >= 11 is 0. The second-order valence-corrected chi connectivity index (χ2v) is 5.05. The summed E-state index contributed by atoms with van der Waals surface area (Å²) in [5.41, 5.74) is 0. The van der Waals surface area contributed by atoms with Crippen LogP contribution in [0.3, 0.4) is 0 Å². The molecule has 0 aromatic rings. The molecule has 0 aliphatic heterocycles. The summed E-state index contributed by atoms with van der Waals surface area (Å²) < 4.78 is 10.3. The van der Waals surface area contributed by atoms with Crippen LogP contribution in [0.15, 0.2) is 0 Å². The van der Waals surface area contributed by atoms with Crippen molar-refractivity contribution in [3.05, 3.63) is 0 Å². The molecule has 0 spiro atoms. The van der Waals surface area contributed by atoms with E-state index in [1.165, 1.54) is 32.8 Å². The van der Waals surface area contributed by atoms with E-state index >= 15 is 0 Å². The van der Waals surface area contributed by atoms with Crippen LogP contribution < -0.4 is 0 Å². The molecule has 1 rings (SSSR count). The molecule has 0 bridgehead atoms. The lowest BCUT2D eigenvalue weighted by atomic mass is 9.87. The van der Waals surface area contributed by atoms with Crippen LogP contribution in [0.1, 0.15) is 51.9 Å². The lowest BCUT2D eigenvalue weighted by molar-refractivity contribution is -0.142. The van der Waals surface area contributed by atoms with Crippen molar-refractivity contribution < 1.29 is 14.3 Å². The van der Waals surface area contributed by atoms with Gasteiger partial charge in [-0.3, -0.25) is 4.79 Å². The minimum atomic E-state index is -0.0766. The molecule has 3 nitrogen and oxygen atoms in total. The van der Waals surface area contributed by atoms with Crippen LogP contribution in [0.25, 0.3) is 0 Å². The largest absolute Gasteiger partial charge is 0.469 e. The van der Waals surface area contributed by atoms with Gasteiger partial charge < -0.3 is 9.47 Å². The van der Waals surface area contributed by atoms with Gasteiger partial charge in [-0.2, -0.15) is 0 Å².